The highest BCUT2D eigenvalue weighted by atomic mass is 16.4. The Morgan fingerprint density at radius 2 is 1.57 bits per heavy atom. The number of nitrogens with two attached hydrogens (primary N) is 2. The Kier molecular flexibility index (Phi) is 17.9. The SMILES string of the molecule is CC(C)C[C@H](NC(=O)CNC(=O)[C@@H](N)CCCNC(=N)N)C(=O)N[C@@H](Cc1ccc(O)cc1)C(=O)NCC(=O)N1CCC[C@H]1C(=O)N[C@@H](CO)C(=O)O. The van der Waals surface area contributed by atoms with E-state index in [1.165, 1.54) is 29.2 Å². The molecule has 294 valence electrons. The largest absolute Gasteiger partial charge is 0.508 e. The van der Waals surface area contributed by atoms with Crippen LogP contribution in [0.1, 0.15) is 51.5 Å². The Balaban J connectivity index is 2.10. The molecule has 0 unspecified atom stereocenters. The number of aliphatic hydroxyl groups excluding tert-OH is 1. The van der Waals surface area contributed by atoms with E-state index in [1.807, 2.05) is 13.8 Å². The number of guanidine groups is 1. The molecule has 2 rings (SSSR count). The van der Waals surface area contributed by atoms with E-state index in [9.17, 15) is 43.8 Å². The molecular formula is C33H52N10O10. The van der Waals surface area contributed by atoms with Crippen molar-refractivity contribution in [2.75, 3.05) is 32.8 Å². The van der Waals surface area contributed by atoms with E-state index < -0.39 is 91.3 Å². The number of aliphatic carboxylic acids is 1. The number of benzene rings is 1. The average molecular weight is 749 g/mol. The predicted molar refractivity (Wildman–Crippen MR) is 190 cm³/mol. The molecule has 0 saturated carbocycles. The number of hydrogen-bond acceptors (Lipinski definition) is 11. The molecule has 20 heteroatoms. The molecule has 0 spiro atoms. The van der Waals surface area contributed by atoms with Crippen molar-refractivity contribution < 1.29 is 48.9 Å². The Morgan fingerprint density at radius 3 is 2.17 bits per heavy atom. The molecule has 14 N–H and O–H groups in total. The molecule has 5 atom stereocenters. The van der Waals surface area contributed by atoms with Gasteiger partial charge in [0.1, 0.15) is 29.9 Å². The van der Waals surface area contributed by atoms with Crippen LogP contribution in [0, 0.1) is 11.3 Å². The number of carbonyl (C=O) groups excluding carboxylic acids is 6. The third-order valence-corrected chi connectivity index (χ3v) is 8.22. The van der Waals surface area contributed by atoms with Crippen LogP contribution in [0.5, 0.6) is 5.75 Å². The fraction of sp³-hybridized carbons (Fsp3) is 0.576. The van der Waals surface area contributed by atoms with Gasteiger partial charge in [-0.2, -0.15) is 0 Å². The molecule has 1 fully saturated rings. The molecule has 1 aliphatic rings. The van der Waals surface area contributed by atoms with E-state index in [-0.39, 0.29) is 49.9 Å². The van der Waals surface area contributed by atoms with Crippen molar-refractivity contribution in [1.29, 1.82) is 5.41 Å². The molecule has 20 nitrogen and oxygen atoms in total. The van der Waals surface area contributed by atoms with E-state index in [0.717, 1.165) is 0 Å². The van der Waals surface area contributed by atoms with E-state index in [1.54, 1.807) is 0 Å². The average Bonchev–Trinajstić information content (AvgIpc) is 3.60. The van der Waals surface area contributed by atoms with Gasteiger partial charge in [-0.1, -0.05) is 26.0 Å². The normalized spacial score (nSPS) is 16.0. The number of carboxylic acid groups (broad SMARTS) is 1. The van der Waals surface area contributed by atoms with Crippen LogP contribution in [0.2, 0.25) is 0 Å². The minimum atomic E-state index is -1.55. The minimum Gasteiger partial charge on any atom is -0.508 e. The molecule has 1 aliphatic heterocycles. The number of nitrogens with zero attached hydrogens (tertiary/aromatic N) is 1. The van der Waals surface area contributed by atoms with Crippen LogP contribution < -0.4 is 43.4 Å². The van der Waals surface area contributed by atoms with Gasteiger partial charge >= 0.3 is 5.97 Å². The summed E-state index contributed by atoms with van der Waals surface area (Å²) in [4.78, 5) is 90.6. The molecular weight excluding hydrogens is 696 g/mol. The Hall–Kier alpha value is -5.50. The van der Waals surface area contributed by atoms with Gasteiger partial charge in [-0.3, -0.25) is 34.2 Å². The monoisotopic (exact) mass is 748 g/mol. The summed E-state index contributed by atoms with van der Waals surface area (Å²) in [5.41, 5.74) is 11.6. The van der Waals surface area contributed by atoms with Crippen molar-refractivity contribution in [3.05, 3.63) is 29.8 Å². The van der Waals surface area contributed by atoms with E-state index in [2.05, 4.69) is 31.9 Å². The van der Waals surface area contributed by atoms with Crippen molar-refractivity contribution in [2.24, 2.45) is 17.4 Å². The summed E-state index contributed by atoms with van der Waals surface area (Å²) in [5.74, 6) is -5.94. The van der Waals surface area contributed by atoms with Crippen molar-refractivity contribution in [3.63, 3.8) is 0 Å². The van der Waals surface area contributed by atoms with E-state index in [4.69, 9.17) is 22.0 Å². The number of carbonyl (C=O) groups is 7. The molecule has 1 saturated heterocycles. The molecule has 53 heavy (non-hydrogen) atoms. The molecule has 0 aliphatic carbocycles. The van der Waals surface area contributed by atoms with Crippen LogP contribution in [0.25, 0.3) is 0 Å². The zero-order valence-corrected chi connectivity index (χ0v) is 29.9. The lowest BCUT2D eigenvalue weighted by Crippen LogP contribution is -2.57. The molecule has 0 aromatic heterocycles. The molecule has 1 aromatic rings. The van der Waals surface area contributed by atoms with Crippen molar-refractivity contribution in [3.8, 4) is 5.75 Å². The number of hydrogen-bond donors (Lipinski definition) is 12. The van der Waals surface area contributed by atoms with Crippen molar-refractivity contribution >= 4 is 47.4 Å². The van der Waals surface area contributed by atoms with Crippen molar-refractivity contribution in [1.82, 2.24) is 36.8 Å². The summed E-state index contributed by atoms with van der Waals surface area (Å²) in [6.45, 7) is 2.25. The van der Waals surface area contributed by atoms with Gasteiger partial charge in [0.2, 0.25) is 35.4 Å². The number of amides is 6. The topological polar surface area (TPSA) is 331 Å². The summed E-state index contributed by atoms with van der Waals surface area (Å²) in [5, 5.41) is 50.2. The third kappa shape index (κ3) is 15.3. The molecule has 1 heterocycles. The van der Waals surface area contributed by atoms with E-state index >= 15 is 0 Å². The molecule has 0 radical (unpaired) electrons. The van der Waals surface area contributed by atoms with Crippen molar-refractivity contribution in [2.45, 2.75) is 82.6 Å². The maximum absolute atomic E-state index is 13.6. The lowest BCUT2D eigenvalue weighted by molar-refractivity contribution is -0.145. The van der Waals surface area contributed by atoms with Gasteiger partial charge in [0.25, 0.3) is 0 Å². The highest BCUT2D eigenvalue weighted by Gasteiger charge is 2.36. The summed E-state index contributed by atoms with van der Waals surface area (Å²) in [7, 11) is 0. The second kappa shape index (κ2) is 21.8. The van der Waals surface area contributed by atoms with E-state index in [0.29, 0.717) is 24.9 Å². The first-order chi connectivity index (χ1) is 25.0. The number of aliphatic hydroxyl groups is 1. The highest BCUT2D eigenvalue weighted by Crippen LogP contribution is 2.18. The molecule has 1 aromatic carbocycles. The Morgan fingerprint density at radius 1 is 0.906 bits per heavy atom. The second-order valence-electron chi connectivity index (χ2n) is 13.0. The van der Waals surface area contributed by atoms with Crippen LogP contribution in [0.3, 0.4) is 0 Å². The Labute approximate surface area is 306 Å². The molecule has 6 amide bonds. The van der Waals surface area contributed by atoms with Gasteiger partial charge in [0.15, 0.2) is 5.96 Å². The zero-order chi connectivity index (χ0) is 39.7. The Bertz CT molecular complexity index is 1460. The zero-order valence-electron chi connectivity index (χ0n) is 29.9. The number of carboxylic acids is 1. The van der Waals surface area contributed by atoms with Crippen LogP contribution >= 0.6 is 0 Å². The summed E-state index contributed by atoms with van der Waals surface area (Å²) in [6.07, 6.45) is 1.47. The van der Waals surface area contributed by atoms with Gasteiger partial charge in [0.05, 0.1) is 25.7 Å². The number of aromatic hydroxyl groups is 1. The van der Waals surface area contributed by atoms with Gasteiger partial charge < -0.3 is 63.6 Å². The number of likely N-dealkylation sites (tertiary alicyclic amines) is 1. The van der Waals surface area contributed by atoms with Crippen LogP contribution in [0.4, 0.5) is 0 Å². The number of phenols is 1. The highest BCUT2D eigenvalue weighted by molar-refractivity contribution is 5.95. The number of nitrogens with one attached hydrogen (secondary N) is 7. The van der Waals surface area contributed by atoms with Gasteiger partial charge in [-0.15, -0.1) is 0 Å². The first-order valence-corrected chi connectivity index (χ1v) is 17.2. The smallest absolute Gasteiger partial charge is 0.328 e. The summed E-state index contributed by atoms with van der Waals surface area (Å²) >= 11 is 0. The quantitative estimate of drug-likeness (QED) is 0.0328. The lowest BCUT2D eigenvalue weighted by atomic mass is 10.0. The molecule has 0 bridgehead atoms. The first kappa shape index (κ1) is 43.7. The van der Waals surface area contributed by atoms with Crippen LogP contribution in [-0.2, 0) is 40.0 Å². The van der Waals surface area contributed by atoms with Gasteiger partial charge in [-0.05, 0) is 55.7 Å². The van der Waals surface area contributed by atoms with Crippen LogP contribution in [0.15, 0.2) is 24.3 Å². The third-order valence-electron chi connectivity index (χ3n) is 8.22. The lowest BCUT2D eigenvalue weighted by Gasteiger charge is -2.26. The number of phenolic OH excluding ortho intramolecular Hbond substituents is 1. The maximum atomic E-state index is 13.6. The predicted octanol–water partition coefficient (Wildman–Crippen LogP) is -3.67. The van der Waals surface area contributed by atoms with Gasteiger partial charge in [-0.25, -0.2) is 4.79 Å². The van der Waals surface area contributed by atoms with Gasteiger partial charge in [0, 0.05) is 19.5 Å². The summed E-state index contributed by atoms with van der Waals surface area (Å²) in [6, 6.07) is -0.0215. The minimum absolute atomic E-state index is 0.0278. The second-order valence-corrected chi connectivity index (χ2v) is 13.0. The standard InChI is InChI=1S/C33H52N10O10/c1-18(2)13-22(40-26(46)15-38-28(48)21(34)5-3-11-37-33(35)36)30(50)41-23(14-19-7-9-20(45)10-8-19)29(49)39-16-27(47)43-12-4-6-25(43)31(51)42-24(17-44)32(52)53/h7-10,18,21-25,44-45H,3-6,11-17,34H2,1-2H3,(H,38,48)(H,39,49)(H,40,46)(H,41,50)(H,42,51)(H,52,53)(H4,35,36,37)/t21-,22-,23-,24-,25-/m0/s1. The first-order valence-electron chi connectivity index (χ1n) is 17.2. The summed E-state index contributed by atoms with van der Waals surface area (Å²) < 4.78 is 0. The fourth-order valence-corrected chi connectivity index (χ4v) is 5.45. The van der Waals surface area contributed by atoms with Crippen LogP contribution in [-0.4, -0.2) is 131 Å². The number of rotatable bonds is 21. The maximum Gasteiger partial charge on any atom is 0.328 e. The fourth-order valence-electron chi connectivity index (χ4n) is 5.45.